The summed E-state index contributed by atoms with van der Waals surface area (Å²) in [4.78, 5) is 18.4. The van der Waals surface area contributed by atoms with Gasteiger partial charge in [0.1, 0.15) is 0 Å². The van der Waals surface area contributed by atoms with E-state index < -0.39 is 0 Å². The minimum absolute atomic E-state index is 0.258. The predicted octanol–water partition coefficient (Wildman–Crippen LogP) is 1.42. The van der Waals surface area contributed by atoms with Gasteiger partial charge in [-0.15, -0.1) is 0 Å². The Hall–Kier alpha value is -2.04. The molecule has 1 unspecified atom stereocenters. The number of H-pyrrole nitrogens is 1. The number of nitrogens with two attached hydrogens (primary N) is 1. The zero-order valence-electron chi connectivity index (χ0n) is 9.15. The number of imidazole rings is 1. The van der Waals surface area contributed by atoms with Crippen molar-refractivity contribution in [3.63, 3.8) is 0 Å². The highest BCUT2D eigenvalue weighted by atomic mass is 16.5. The van der Waals surface area contributed by atoms with E-state index >= 15 is 0 Å². The van der Waals surface area contributed by atoms with Crippen LogP contribution in [-0.4, -0.2) is 23.0 Å². The molecule has 0 saturated heterocycles. The number of carbonyl (C=O) groups excluding carboxylic acids is 1. The van der Waals surface area contributed by atoms with Gasteiger partial charge in [0.15, 0.2) is 5.95 Å². The minimum atomic E-state index is -0.293. The Kier molecular flexibility index (Phi) is 2.52. The summed E-state index contributed by atoms with van der Waals surface area (Å²) in [6.45, 7) is 1.80. The van der Waals surface area contributed by atoms with Gasteiger partial charge < -0.3 is 15.5 Å². The summed E-state index contributed by atoms with van der Waals surface area (Å²) in [6.07, 6.45) is 0. The van der Waals surface area contributed by atoms with Crippen LogP contribution in [0.25, 0.3) is 11.0 Å². The van der Waals surface area contributed by atoms with Gasteiger partial charge >= 0.3 is 5.97 Å². The number of aromatic amines is 1. The van der Waals surface area contributed by atoms with Crippen molar-refractivity contribution < 1.29 is 9.53 Å². The number of rotatable bonds is 2. The first-order valence-corrected chi connectivity index (χ1v) is 4.95. The summed E-state index contributed by atoms with van der Waals surface area (Å²) in [6, 6.07) is 5.54. The van der Waals surface area contributed by atoms with Crippen LogP contribution in [0.15, 0.2) is 18.2 Å². The monoisotopic (exact) mass is 219 g/mol. The van der Waals surface area contributed by atoms with Crippen molar-refractivity contribution in [2.45, 2.75) is 12.8 Å². The molecule has 2 aromatic rings. The highest BCUT2D eigenvalue weighted by Crippen LogP contribution is 2.21. The van der Waals surface area contributed by atoms with Crippen molar-refractivity contribution in [3.05, 3.63) is 23.8 Å². The van der Waals surface area contributed by atoms with E-state index in [0.717, 1.165) is 16.6 Å². The molecule has 0 saturated carbocycles. The third-order valence-electron chi connectivity index (χ3n) is 2.58. The van der Waals surface area contributed by atoms with Crippen molar-refractivity contribution in [3.8, 4) is 0 Å². The van der Waals surface area contributed by atoms with Crippen molar-refractivity contribution in [2.75, 3.05) is 12.8 Å². The zero-order valence-corrected chi connectivity index (χ0v) is 9.15. The Morgan fingerprint density at radius 3 is 3.00 bits per heavy atom. The molecule has 5 heteroatoms. The summed E-state index contributed by atoms with van der Waals surface area (Å²) in [5, 5.41) is 0. The number of ether oxygens (including phenoxy) is 1. The Balaban J connectivity index is 2.42. The van der Waals surface area contributed by atoms with E-state index in [-0.39, 0.29) is 11.9 Å². The number of nitrogens with one attached hydrogen (secondary N) is 1. The van der Waals surface area contributed by atoms with Crippen molar-refractivity contribution >= 4 is 23.0 Å². The average molecular weight is 219 g/mol. The lowest BCUT2D eigenvalue weighted by atomic mass is 10.0. The van der Waals surface area contributed by atoms with Crippen molar-refractivity contribution in [1.29, 1.82) is 0 Å². The molecule has 0 aliphatic rings. The molecule has 1 aromatic heterocycles. The molecule has 0 amide bonds. The van der Waals surface area contributed by atoms with Crippen LogP contribution in [0.2, 0.25) is 0 Å². The lowest BCUT2D eigenvalue weighted by molar-refractivity contribution is -0.141. The average Bonchev–Trinajstić information content (AvgIpc) is 2.65. The molecule has 1 heterocycles. The quantitative estimate of drug-likeness (QED) is 0.748. The van der Waals surface area contributed by atoms with Crippen LogP contribution in [0.1, 0.15) is 18.4 Å². The standard InChI is InChI=1S/C11H13N3O2/c1-6(10(15)16-2)7-3-4-8-9(5-7)14-11(12)13-8/h3-6H,1-2H3,(H3,12,13,14). The van der Waals surface area contributed by atoms with Gasteiger partial charge in [0.2, 0.25) is 0 Å². The summed E-state index contributed by atoms with van der Waals surface area (Å²) >= 11 is 0. The fourth-order valence-electron chi connectivity index (χ4n) is 1.63. The molecular weight excluding hydrogens is 206 g/mol. The number of anilines is 1. The van der Waals surface area contributed by atoms with E-state index in [1.807, 2.05) is 18.2 Å². The number of hydrogen-bond donors (Lipinski definition) is 2. The Morgan fingerprint density at radius 1 is 1.56 bits per heavy atom. The molecule has 0 aliphatic carbocycles. The zero-order chi connectivity index (χ0) is 11.7. The first-order chi connectivity index (χ1) is 7.61. The Bertz CT molecular complexity index is 533. The number of esters is 1. The Morgan fingerprint density at radius 2 is 2.31 bits per heavy atom. The van der Waals surface area contributed by atoms with Crippen LogP contribution in [0.4, 0.5) is 5.95 Å². The molecule has 5 nitrogen and oxygen atoms in total. The molecule has 2 rings (SSSR count). The van der Waals surface area contributed by atoms with Crippen LogP contribution >= 0.6 is 0 Å². The van der Waals surface area contributed by atoms with Gasteiger partial charge in [0.25, 0.3) is 0 Å². The summed E-state index contributed by atoms with van der Waals surface area (Å²) in [7, 11) is 1.38. The van der Waals surface area contributed by atoms with Gasteiger partial charge in [-0.25, -0.2) is 4.98 Å². The predicted molar refractivity (Wildman–Crippen MR) is 60.9 cm³/mol. The minimum Gasteiger partial charge on any atom is -0.469 e. The first-order valence-electron chi connectivity index (χ1n) is 4.95. The first kappa shape index (κ1) is 10.5. The van der Waals surface area contributed by atoms with Crippen LogP contribution in [0.5, 0.6) is 0 Å². The number of methoxy groups -OCH3 is 1. The van der Waals surface area contributed by atoms with E-state index in [4.69, 9.17) is 10.5 Å². The van der Waals surface area contributed by atoms with Crippen LogP contribution in [-0.2, 0) is 9.53 Å². The van der Waals surface area contributed by atoms with Gasteiger partial charge in [-0.3, -0.25) is 4.79 Å². The number of nitrogens with zero attached hydrogens (tertiary/aromatic N) is 1. The van der Waals surface area contributed by atoms with E-state index in [9.17, 15) is 4.79 Å². The smallest absolute Gasteiger partial charge is 0.312 e. The molecule has 0 spiro atoms. The molecule has 0 radical (unpaired) electrons. The lowest BCUT2D eigenvalue weighted by Crippen LogP contribution is -2.10. The normalized spacial score (nSPS) is 12.6. The van der Waals surface area contributed by atoms with Crippen molar-refractivity contribution in [1.82, 2.24) is 9.97 Å². The molecule has 16 heavy (non-hydrogen) atoms. The molecule has 0 aliphatic heterocycles. The largest absolute Gasteiger partial charge is 0.469 e. The number of aromatic nitrogens is 2. The highest BCUT2D eigenvalue weighted by molar-refractivity contribution is 5.82. The van der Waals surface area contributed by atoms with Gasteiger partial charge in [0.05, 0.1) is 24.1 Å². The number of carbonyl (C=O) groups is 1. The van der Waals surface area contributed by atoms with Crippen LogP contribution in [0, 0.1) is 0 Å². The van der Waals surface area contributed by atoms with E-state index in [0.29, 0.717) is 5.95 Å². The maximum atomic E-state index is 11.4. The maximum Gasteiger partial charge on any atom is 0.312 e. The third kappa shape index (κ3) is 1.71. The number of hydrogen-bond acceptors (Lipinski definition) is 4. The lowest BCUT2D eigenvalue weighted by Gasteiger charge is -2.08. The Labute approximate surface area is 92.6 Å². The highest BCUT2D eigenvalue weighted by Gasteiger charge is 2.16. The molecule has 84 valence electrons. The van der Waals surface area contributed by atoms with Gasteiger partial charge in [0, 0.05) is 0 Å². The third-order valence-corrected chi connectivity index (χ3v) is 2.58. The fraction of sp³-hybridized carbons (Fsp3) is 0.273. The van der Waals surface area contributed by atoms with Crippen molar-refractivity contribution in [2.24, 2.45) is 0 Å². The molecule has 3 N–H and O–H groups in total. The second-order valence-electron chi connectivity index (χ2n) is 3.64. The van der Waals surface area contributed by atoms with Crippen LogP contribution < -0.4 is 5.73 Å². The molecular formula is C11H13N3O2. The second-order valence-corrected chi connectivity index (χ2v) is 3.64. The van der Waals surface area contributed by atoms with Gasteiger partial charge in [-0.1, -0.05) is 6.07 Å². The van der Waals surface area contributed by atoms with Crippen LogP contribution in [0.3, 0.4) is 0 Å². The van der Waals surface area contributed by atoms with E-state index in [1.54, 1.807) is 6.92 Å². The summed E-state index contributed by atoms with van der Waals surface area (Å²) < 4.78 is 4.69. The maximum absolute atomic E-state index is 11.4. The van der Waals surface area contributed by atoms with Gasteiger partial charge in [-0.2, -0.15) is 0 Å². The van der Waals surface area contributed by atoms with E-state index in [2.05, 4.69) is 9.97 Å². The van der Waals surface area contributed by atoms with Gasteiger partial charge in [-0.05, 0) is 24.6 Å². The molecule has 1 atom stereocenters. The number of benzene rings is 1. The summed E-state index contributed by atoms with van der Waals surface area (Å²) in [5.41, 5.74) is 8.04. The molecule has 0 bridgehead atoms. The number of nitrogen functional groups attached to an aromatic ring is 1. The SMILES string of the molecule is COC(=O)C(C)c1ccc2nc(N)[nH]c2c1. The van der Waals surface area contributed by atoms with E-state index in [1.165, 1.54) is 7.11 Å². The molecule has 1 aromatic carbocycles. The fourth-order valence-corrected chi connectivity index (χ4v) is 1.63. The topological polar surface area (TPSA) is 81.0 Å². The second kappa shape index (κ2) is 3.84. The molecule has 0 fully saturated rings. The number of fused-ring (bicyclic) bond motifs is 1. The summed E-state index contributed by atoms with van der Waals surface area (Å²) in [5.74, 6) is -0.177.